The van der Waals surface area contributed by atoms with E-state index < -0.39 is 6.10 Å². The minimum Gasteiger partial charge on any atom is -0.389 e. The number of nitrogens with zero attached hydrogens (tertiary/aromatic N) is 1. The van der Waals surface area contributed by atoms with Gasteiger partial charge in [0.25, 0.3) is 0 Å². The second-order valence-electron chi connectivity index (χ2n) is 5.11. The summed E-state index contributed by atoms with van der Waals surface area (Å²) in [6.45, 7) is 8.42. The maximum absolute atomic E-state index is 9.55. The highest BCUT2D eigenvalue weighted by molar-refractivity contribution is 9.10. The van der Waals surface area contributed by atoms with Gasteiger partial charge < -0.3 is 10.0 Å². The second kappa shape index (κ2) is 5.40. The van der Waals surface area contributed by atoms with Crippen LogP contribution in [-0.4, -0.2) is 17.7 Å². The summed E-state index contributed by atoms with van der Waals surface area (Å²) in [5, 5.41) is 9.55. The average molecular weight is 300 g/mol. The highest BCUT2D eigenvalue weighted by Gasteiger charge is 2.23. The van der Waals surface area contributed by atoms with E-state index in [1.807, 2.05) is 12.1 Å². The Morgan fingerprint density at radius 2 is 2.00 bits per heavy atom. The molecule has 3 heteroatoms. The predicted octanol–water partition coefficient (Wildman–Crippen LogP) is 4.13. The third kappa shape index (κ3) is 3.23. The molecule has 0 aromatic heterocycles. The van der Waals surface area contributed by atoms with Gasteiger partial charge in [-0.2, -0.15) is 0 Å². The maximum atomic E-state index is 9.55. The van der Waals surface area contributed by atoms with Crippen LogP contribution in [0.5, 0.6) is 0 Å². The Hall–Kier alpha value is -0.540. The molecule has 17 heavy (non-hydrogen) atoms. The summed E-state index contributed by atoms with van der Waals surface area (Å²) >= 11 is 3.58. The molecule has 0 aliphatic heterocycles. The van der Waals surface area contributed by atoms with E-state index in [1.54, 1.807) is 6.92 Å². The standard InChI is InChI=1S/C14H22BrNO/c1-6-14(3,4)16(5)13-8-7-11(10(2)17)9-12(13)15/h7-10,17H,6H2,1-5H3/t10-/m1/s1. The lowest BCUT2D eigenvalue weighted by Crippen LogP contribution is -2.40. The number of hydrogen-bond acceptors (Lipinski definition) is 2. The summed E-state index contributed by atoms with van der Waals surface area (Å²) in [5.41, 5.74) is 2.21. The number of hydrogen-bond donors (Lipinski definition) is 1. The number of halogens is 1. The average Bonchev–Trinajstić information content (AvgIpc) is 2.27. The molecule has 0 aliphatic rings. The molecule has 0 saturated heterocycles. The van der Waals surface area contributed by atoms with Crippen LogP contribution in [0.4, 0.5) is 5.69 Å². The largest absolute Gasteiger partial charge is 0.389 e. The van der Waals surface area contributed by atoms with Crippen molar-refractivity contribution < 1.29 is 5.11 Å². The lowest BCUT2D eigenvalue weighted by Gasteiger charge is -2.37. The zero-order valence-electron chi connectivity index (χ0n) is 11.3. The first-order valence-electron chi connectivity index (χ1n) is 6.01. The molecule has 0 fully saturated rings. The smallest absolute Gasteiger partial charge is 0.0762 e. The van der Waals surface area contributed by atoms with Crippen LogP contribution in [0.1, 0.15) is 45.8 Å². The maximum Gasteiger partial charge on any atom is 0.0762 e. The highest BCUT2D eigenvalue weighted by atomic mass is 79.9. The molecule has 0 saturated carbocycles. The van der Waals surface area contributed by atoms with Crippen LogP contribution in [0, 0.1) is 0 Å². The van der Waals surface area contributed by atoms with Gasteiger partial charge in [0.1, 0.15) is 0 Å². The van der Waals surface area contributed by atoms with E-state index in [2.05, 4.69) is 54.7 Å². The van der Waals surface area contributed by atoms with Crippen molar-refractivity contribution in [1.29, 1.82) is 0 Å². The molecule has 0 heterocycles. The lowest BCUT2D eigenvalue weighted by molar-refractivity contribution is 0.199. The summed E-state index contributed by atoms with van der Waals surface area (Å²) in [6, 6.07) is 6.03. The topological polar surface area (TPSA) is 23.5 Å². The molecular weight excluding hydrogens is 278 g/mol. The molecule has 0 bridgehead atoms. The molecule has 2 nitrogen and oxygen atoms in total. The predicted molar refractivity (Wildman–Crippen MR) is 77.5 cm³/mol. The molecule has 0 unspecified atom stereocenters. The SMILES string of the molecule is CCC(C)(C)N(C)c1ccc([C@@H](C)O)cc1Br. The monoisotopic (exact) mass is 299 g/mol. The van der Waals surface area contributed by atoms with E-state index in [9.17, 15) is 5.11 Å². The van der Waals surface area contributed by atoms with Crippen LogP contribution in [0.3, 0.4) is 0 Å². The Labute approximate surface area is 113 Å². The van der Waals surface area contributed by atoms with Crippen LogP contribution in [0.15, 0.2) is 22.7 Å². The molecule has 0 amide bonds. The molecule has 0 spiro atoms. The third-order valence-corrected chi connectivity index (χ3v) is 4.22. The summed E-state index contributed by atoms with van der Waals surface area (Å²) in [5.74, 6) is 0. The zero-order chi connectivity index (χ0) is 13.2. The van der Waals surface area contributed by atoms with Crippen molar-refractivity contribution in [3.05, 3.63) is 28.2 Å². The fourth-order valence-electron chi connectivity index (χ4n) is 1.62. The van der Waals surface area contributed by atoms with Crippen molar-refractivity contribution in [3.63, 3.8) is 0 Å². The van der Waals surface area contributed by atoms with E-state index in [4.69, 9.17) is 0 Å². The van der Waals surface area contributed by atoms with Crippen molar-refractivity contribution in [1.82, 2.24) is 0 Å². The van der Waals surface area contributed by atoms with Gasteiger partial charge in [-0.25, -0.2) is 0 Å². The van der Waals surface area contributed by atoms with Crippen LogP contribution in [0.25, 0.3) is 0 Å². The zero-order valence-corrected chi connectivity index (χ0v) is 12.9. The Morgan fingerprint density at radius 3 is 2.41 bits per heavy atom. The van der Waals surface area contributed by atoms with Crippen molar-refractivity contribution in [2.45, 2.75) is 45.8 Å². The van der Waals surface area contributed by atoms with Crippen LogP contribution in [0.2, 0.25) is 0 Å². The first kappa shape index (κ1) is 14.5. The molecule has 1 N–H and O–H groups in total. The van der Waals surface area contributed by atoms with Gasteiger partial charge in [0.05, 0.1) is 11.8 Å². The molecule has 0 aliphatic carbocycles. The minimum absolute atomic E-state index is 0.120. The Kier molecular flexibility index (Phi) is 4.62. The fourth-order valence-corrected chi connectivity index (χ4v) is 2.28. The first-order chi connectivity index (χ1) is 7.79. The van der Waals surface area contributed by atoms with Gasteiger partial charge in [0.2, 0.25) is 0 Å². The molecule has 1 aromatic carbocycles. The van der Waals surface area contributed by atoms with Crippen LogP contribution in [-0.2, 0) is 0 Å². The number of anilines is 1. The van der Waals surface area contributed by atoms with Gasteiger partial charge in [-0.3, -0.25) is 0 Å². The summed E-state index contributed by atoms with van der Waals surface area (Å²) in [6.07, 6.45) is 0.651. The molecule has 1 rings (SSSR count). The van der Waals surface area contributed by atoms with Crippen molar-refractivity contribution in [3.8, 4) is 0 Å². The molecular formula is C14H22BrNO. The number of rotatable bonds is 4. The van der Waals surface area contributed by atoms with E-state index in [1.165, 1.54) is 0 Å². The number of aliphatic hydroxyl groups is 1. The summed E-state index contributed by atoms with van der Waals surface area (Å²) < 4.78 is 1.03. The van der Waals surface area contributed by atoms with Crippen LogP contribution >= 0.6 is 15.9 Å². The molecule has 1 atom stereocenters. The Morgan fingerprint density at radius 1 is 1.41 bits per heavy atom. The number of aliphatic hydroxyl groups excluding tert-OH is 1. The quantitative estimate of drug-likeness (QED) is 0.904. The fraction of sp³-hybridized carbons (Fsp3) is 0.571. The van der Waals surface area contributed by atoms with Gasteiger partial charge >= 0.3 is 0 Å². The van der Waals surface area contributed by atoms with Gasteiger partial charge in [-0.05, 0) is 60.8 Å². The second-order valence-corrected chi connectivity index (χ2v) is 5.97. The highest BCUT2D eigenvalue weighted by Crippen LogP contribution is 2.33. The van der Waals surface area contributed by atoms with Crippen molar-refractivity contribution in [2.75, 3.05) is 11.9 Å². The van der Waals surface area contributed by atoms with E-state index >= 15 is 0 Å². The molecule has 96 valence electrons. The lowest BCUT2D eigenvalue weighted by atomic mass is 9.98. The van der Waals surface area contributed by atoms with Gasteiger partial charge in [0, 0.05) is 17.1 Å². The van der Waals surface area contributed by atoms with Crippen molar-refractivity contribution in [2.24, 2.45) is 0 Å². The minimum atomic E-state index is -0.426. The number of benzene rings is 1. The normalized spacial score (nSPS) is 13.6. The van der Waals surface area contributed by atoms with E-state index in [-0.39, 0.29) is 5.54 Å². The molecule has 1 aromatic rings. The van der Waals surface area contributed by atoms with Gasteiger partial charge in [-0.15, -0.1) is 0 Å². The van der Waals surface area contributed by atoms with E-state index in [0.29, 0.717) is 0 Å². The van der Waals surface area contributed by atoms with Gasteiger partial charge in [0.15, 0.2) is 0 Å². The van der Waals surface area contributed by atoms with Crippen LogP contribution < -0.4 is 4.90 Å². The molecule has 0 radical (unpaired) electrons. The van der Waals surface area contributed by atoms with E-state index in [0.717, 1.165) is 22.1 Å². The Bertz CT molecular complexity index is 388. The summed E-state index contributed by atoms with van der Waals surface area (Å²) in [4.78, 5) is 2.27. The first-order valence-corrected chi connectivity index (χ1v) is 6.80. The van der Waals surface area contributed by atoms with Crippen molar-refractivity contribution >= 4 is 21.6 Å². The Balaban J connectivity index is 3.08. The third-order valence-electron chi connectivity index (χ3n) is 3.59. The summed E-state index contributed by atoms with van der Waals surface area (Å²) in [7, 11) is 2.10. The van der Waals surface area contributed by atoms with Gasteiger partial charge in [-0.1, -0.05) is 13.0 Å².